The number of nitrogens with zero attached hydrogens (tertiary/aromatic N) is 3. The number of fused-ring (bicyclic) bond motifs is 1. The number of alkyl halides is 3. The minimum atomic E-state index is -4.40. The third kappa shape index (κ3) is 2.28. The highest BCUT2D eigenvalue weighted by Gasteiger charge is 2.32. The lowest BCUT2D eigenvalue weighted by atomic mass is 9.99. The zero-order chi connectivity index (χ0) is 15.2. The van der Waals surface area contributed by atoms with Crippen molar-refractivity contribution in [2.75, 3.05) is 0 Å². The van der Waals surface area contributed by atoms with E-state index in [1.54, 1.807) is 17.8 Å². The van der Waals surface area contributed by atoms with E-state index in [1.165, 1.54) is 6.20 Å². The third-order valence-electron chi connectivity index (χ3n) is 3.45. The van der Waals surface area contributed by atoms with Crippen LogP contribution >= 0.6 is 0 Å². The fourth-order valence-electron chi connectivity index (χ4n) is 2.38. The lowest BCUT2D eigenvalue weighted by Gasteiger charge is -2.09. The van der Waals surface area contributed by atoms with Gasteiger partial charge in [0.2, 0.25) is 0 Å². The lowest BCUT2D eigenvalue weighted by molar-refractivity contribution is -0.137. The van der Waals surface area contributed by atoms with Crippen LogP contribution in [0.4, 0.5) is 13.2 Å². The first-order valence-corrected chi connectivity index (χ1v) is 6.49. The van der Waals surface area contributed by atoms with Crippen molar-refractivity contribution >= 4 is 10.9 Å². The molecule has 0 bridgehead atoms. The molecule has 2 aromatic heterocycles. The molecule has 0 aliphatic rings. The minimum absolute atomic E-state index is 0.364. The van der Waals surface area contributed by atoms with E-state index in [4.69, 9.17) is 0 Å². The Kier molecular flexibility index (Phi) is 3.00. The van der Waals surface area contributed by atoms with Gasteiger partial charge in [0.15, 0.2) is 0 Å². The highest BCUT2D eigenvalue weighted by Crippen LogP contribution is 2.37. The molecule has 0 saturated carbocycles. The van der Waals surface area contributed by atoms with Crippen LogP contribution in [0.25, 0.3) is 22.0 Å². The van der Waals surface area contributed by atoms with Crippen molar-refractivity contribution in [1.82, 2.24) is 20.0 Å². The third-order valence-corrected chi connectivity index (χ3v) is 3.45. The Labute approximate surface area is 118 Å². The van der Waals surface area contributed by atoms with Crippen molar-refractivity contribution in [2.45, 2.75) is 26.6 Å². The van der Waals surface area contributed by atoms with Crippen LogP contribution in [0.5, 0.6) is 0 Å². The number of aromatic nitrogens is 4. The number of hydrogen-bond acceptors (Lipinski definition) is 2. The molecule has 21 heavy (non-hydrogen) atoms. The molecule has 0 amide bonds. The van der Waals surface area contributed by atoms with Crippen LogP contribution in [0.15, 0.2) is 24.5 Å². The van der Waals surface area contributed by atoms with Gasteiger partial charge >= 0.3 is 6.18 Å². The summed E-state index contributed by atoms with van der Waals surface area (Å²) in [6, 6.07) is 2.23. The molecule has 7 heteroatoms. The smallest absolute Gasteiger partial charge is 0.278 e. The van der Waals surface area contributed by atoms with Crippen molar-refractivity contribution in [2.24, 2.45) is 0 Å². The SMILES string of the molecule is CCn1cc(-c2cc(C(F)(F)F)cc3[nH]ncc23)c(C)n1. The number of aryl methyl sites for hydroxylation is 2. The lowest BCUT2D eigenvalue weighted by Crippen LogP contribution is -2.05. The van der Waals surface area contributed by atoms with Gasteiger partial charge in [-0.25, -0.2) is 0 Å². The molecular weight excluding hydrogens is 281 g/mol. The van der Waals surface area contributed by atoms with Gasteiger partial charge in [-0.3, -0.25) is 9.78 Å². The highest BCUT2D eigenvalue weighted by molar-refractivity contribution is 5.95. The predicted octanol–water partition coefficient (Wildman–Crippen LogP) is 3.77. The van der Waals surface area contributed by atoms with E-state index in [0.29, 0.717) is 34.3 Å². The molecule has 0 radical (unpaired) electrons. The summed E-state index contributed by atoms with van der Waals surface area (Å²) in [5.41, 5.74) is 1.54. The van der Waals surface area contributed by atoms with Gasteiger partial charge in [0.1, 0.15) is 0 Å². The van der Waals surface area contributed by atoms with Gasteiger partial charge in [-0.05, 0) is 31.5 Å². The fraction of sp³-hybridized carbons (Fsp3) is 0.286. The molecule has 110 valence electrons. The Bertz CT molecular complexity index is 798. The van der Waals surface area contributed by atoms with E-state index in [-0.39, 0.29) is 0 Å². The summed E-state index contributed by atoms with van der Waals surface area (Å²) >= 11 is 0. The predicted molar refractivity (Wildman–Crippen MR) is 72.7 cm³/mol. The first-order chi connectivity index (χ1) is 9.90. The number of nitrogens with one attached hydrogen (secondary N) is 1. The number of H-pyrrole nitrogens is 1. The summed E-state index contributed by atoms with van der Waals surface area (Å²) in [6.07, 6.45) is -1.10. The van der Waals surface area contributed by atoms with Crippen molar-refractivity contribution < 1.29 is 13.2 Å². The maximum absolute atomic E-state index is 13.0. The molecule has 0 atom stereocenters. The minimum Gasteiger partial charge on any atom is -0.278 e. The van der Waals surface area contributed by atoms with Gasteiger partial charge in [-0.1, -0.05) is 0 Å². The molecule has 0 unspecified atom stereocenters. The van der Waals surface area contributed by atoms with Crippen molar-refractivity contribution in [3.8, 4) is 11.1 Å². The molecule has 1 aromatic carbocycles. The quantitative estimate of drug-likeness (QED) is 0.782. The Hall–Kier alpha value is -2.31. The van der Waals surface area contributed by atoms with E-state index in [2.05, 4.69) is 15.3 Å². The molecule has 0 spiro atoms. The standard InChI is InChI=1S/C14H13F3N4/c1-3-21-7-12(8(2)20-21)10-4-9(14(15,16)17)5-13-11(10)6-18-19-13/h4-7H,3H2,1-2H3,(H,18,19). The van der Waals surface area contributed by atoms with Crippen molar-refractivity contribution in [1.29, 1.82) is 0 Å². The molecule has 3 aromatic rings. The van der Waals surface area contributed by atoms with Gasteiger partial charge < -0.3 is 0 Å². The summed E-state index contributed by atoms with van der Waals surface area (Å²) in [6.45, 7) is 4.37. The van der Waals surface area contributed by atoms with E-state index >= 15 is 0 Å². The molecular formula is C14H13F3N4. The second kappa shape index (κ2) is 4.61. The first kappa shape index (κ1) is 13.7. The van der Waals surface area contributed by atoms with Crippen LogP contribution in [0, 0.1) is 6.92 Å². The van der Waals surface area contributed by atoms with Crippen LogP contribution < -0.4 is 0 Å². The van der Waals surface area contributed by atoms with Crippen LogP contribution in [0.3, 0.4) is 0 Å². The van der Waals surface area contributed by atoms with Gasteiger partial charge in [0, 0.05) is 23.7 Å². The summed E-state index contributed by atoms with van der Waals surface area (Å²) in [5, 5.41) is 11.4. The number of benzene rings is 1. The highest BCUT2D eigenvalue weighted by atomic mass is 19.4. The van der Waals surface area contributed by atoms with Crippen molar-refractivity contribution in [3.63, 3.8) is 0 Å². The molecule has 1 N–H and O–H groups in total. The zero-order valence-electron chi connectivity index (χ0n) is 11.5. The van der Waals surface area contributed by atoms with Gasteiger partial charge in [0.05, 0.1) is 23.0 Å². The monoisotopic (exact) mass is 294 g/mol. The first-order valence-electron chi connectivity index (χ1n) is 6.49. The second-order valence-electron chi connectivity index (χ2n) is 4.84. The van der Waals surface area contributed by atoms with E-state index in [1.807, 2.05) is 6.92 Å². The average Bonchev–Trinajstić information content (AvgIpc) is 3.02. The summed E-state index contributed by atoms with van der Waals surface area (Å²) in [4.78, 5) is 0. The van der Waals surface area contributed by atoms with E-state index in [0.717, 1.165) is 12.1 Å². The molecule has 0 aliphatic heterocycles. The normalized spacial score (nSPS) is 12.2. The van der Waals surface area contributed by atoms with Gasteiger partial charge in [-0.15, -0.1) is 0 Å². The molecule has 0 fully saturated rings. The molecule has 0 aliphatic carbocycles. The number of hydrogen-bond donors (Lipinski definition) is 1. The topological polar surface area (TPSA) is 46.5 Å². The maximum Gasteiger partial charge on any atom is 0.416 e. The van der Waals surface area contributed by atoms with Crippen LogP contribution in [0.1, 0.15) is 18.2 Å². The fourth-order valence-corrected chi connectivity index (χ4v) is 2.38. The largest absolute Gasteiger partial charge is 0.416 e. The number of aromatic amines is 1. The number of halogens is 3. The zero-order valence-corrected chi connectivity index (χ0v) is 11.5. The van der Waals surface area contributed by atoms with Gasteiger partial charge in [0.25, 0.3) is 0 Å². The number of rotatable bonds is 2. The van der Waals surface area contributed by atoms with Crippen molar-refractivity contribution in [3.05, 3.63) is 35.8 Å². The second-order valence-corrected chi connectivity index (χ2v) is 4.84. The van der Waals surface area contributed by atoms with E-state index < -0.39 is 11.7 Å². The summed E-state index contributed by atoms with van der Waals surface area (Å²) in [5.74, 6) is 0. The van der Waals surface area contributed by atoms with E-state index in [9.17, 15) is 13.2 Å². The van der Waals surface area contributed by atoms with Gasteiger partial charge in [-0.2, -0.15) is 23.4 Å². The Balaban J connectivity index is 2.29. The Morgan fingerprint density at radius 1 is 1.24 bits per heavy atom. The Morgan fingerprint density at radius 3 is 2.62 bits per heavy atom. The Morgan fingerprint density at radius 2 is 2.00 bits per heavy atom. The molecule has 0 saturated heterocycles. The average molecular weight is 294 g/mol. The van der Waals surface area contributed by atoms with Crippen LogP contribution in [-0.4, -0.2) is 20.0 Å². The molecule has 3 rings (SSSR count). The molecule has 4 nitrogen and oxygen atoms in total. The van der Waals surface area contributed by atoms with Crippen LogP contribution in [-0.2, 0) is 12.7 Å². The maximum atomic E-state index is 13.0. The summed E-state index contributed by atoms with van der Waals surface area (Å²) in [7, 11) is 0. The summed E-state index contributed by atoms with van der Waals surface area (Å²) < 4.78 is 40.8. The molecule has 2 heterocycles. The van der Waals surface area contributed by atoms with Crippen LogP contribution in [0.2, 0.25) is 0 Å².